The largest absolute Gasteiger partial charge is 0.444 e. The maximum Gasteiger partial charge on any atom is 0.407 e. The molecule has 1 N–H and O–H groups in total. The number of nitro benzene ring substituents is 1. The Morgan fingerprint density at radius 2 is 2.16 bits per heavy atom. The minimum Gasteiger partial charge on any atom is -0.444 e. The van der Waals surface area contributed by atoms with Crippen molar-refractivity contribution < 1.29 is 19.2 Å². The molecule has 0 unspecified atom stereocenters. The normalized spacial score (nSPS) is 24.3. The Labute approximate surface area is 186 Å². The molecule has 1 aromatic heterocycles. The Balaban J connectivity index is 1.48. The number of nitrogens with one attached hydrogen (secondary N) is 1. The van der Waals surface area contributed by atoms with Gasteiger partial charge in [-0.2, -0.15) is 5.10 Å². The third-order valence-electron chi connectivity index (χ3n) is 6.73. The zero-order valence-electron chi connectivity index (χ0n) is 18.7. The lowest BCUT2D eigenvalue weighted by molar-refractivity contribution is -0.384. The van der Waals surface area contributed by atoms with E-state index in [0.29, 0.717) is 32.0 Å². The van der Waals surface area contributed by atoms with Crippen molar-refractivity contribution in [2.24, 2.45) is 5.41 Å². The van der Waals surface area contributed by atoms with Gasteiger partial charge in [0.05, 0.1) is 40.7 Å². The lowest BCUT2D eigenvalue weighted by Crippen LogP contribution is -2.44. The molecule has 32 heavy (non-hydrogen) atoms. The van der Waals surface area contributed by atoms with Crippen LogP contribution < -0.4 is 10.2 Å². The minimum absolute atomic E-state index is 0.0634. The van der Waals surface area contributed by atoms with Crippen LogP contribution in [0.3, 0.4) is 0 Å². The van der Waals surface area contributed by atoms with Gasteiger partial charge in [0.1, 0.15) is 11.3 Å². The SMILES string of the molecule is CC(C)(C)OC(=O)N[C@H]1CN(c2c([N+](=O)[O-])ccc3c2cnn3[C@H]2CCOC2)CC12CC2. The molecule has 10 heteroatoms. The number of nitro groups is 1. The molecule has 0 radical (unpaired) electrons. The molecular weight excluding hydrogens is 414 g/mol. The van der Waals surface area contributed by atoms with Gasteiger partial charge in [-0.05, 0) is 46.1 Å². The summed E-state index contributed by atoms with van der Waals surface area (Å²) in [5, 5.41) is 20.3. The summed E-state index contributed by atoms with van der Waals surface area (Å²) >= 11 is 0. The van der Waals surface area contributed by atoms with Crippen LogP contribution in [-0.4, -0.2) is 58.7 Å². The highest BCUT2D eigenvalue weighted by Crippen LogP contribution is 2.55. The first-order valence-electron chi connectivity index (χ1n) is 11.1. The Morgan fingerprint density at radius 3 is 2.78 bits per heavy atom. The number of amides is 1. The number of fused-ring (bicyclic) bond motifs is 1. The van der Waals surface area contributed by atoms with Crippen molar-refractivity contribution >= 4 is 28.4 Å². The second-order valence-electron chi connectivity index (χ2n) is 10.2. The molecule has 3 heterocycles. The zero-order valence-corrected chi connectivity index (χ0v) is 18.7. The van der Waals surface area contributed by atoms with Crippen LogP contribution in [0.2, 0.25) is 0 Å². The summed E-state index contributed by atoms with van der Waals surface area (Å²) in [7, 11) is 0. The third kappa shape index (κ3) is 3.66. The molecule has 2 atom stereocenters. The summed E-state index contributed by atoms with van der Waals surface area (Å²) < 4.78 is 12.9. The molecule has 5 rings (SSSR count). The standard InChI is InChI=1S/C22H29N5O5/c1-21(2,3)32-20(28)24-18-11-25(13-22(18)7-8-22)19-15-10-23-26(14-6-9-31-12-14)16(15)4-5-17(19)27(29)30/h4-5,10,14,18H,6-9,11-13H2,1-3H3,(H,24,28)/t14-,18-/m0/s1. The van der Waals surface area contributed by atoms with E-state index < -0.39 is 11.7 Å². The fourth-order valence-electron chi connectivity index (χ4n) is 5.04. The predicted molar refractivity (Wildman–Crippen MR) is 118 cm³/mol. The number of rotatable bonds is 4. The summed E-state index contributed by atoms with van der Waals surface area (Å²) in [6.45, 7) is 7.94. The molecule has 1 spiro atoms. The van der Waals surface area contributed by atoms with Crippen molar-refractivity contribution in [3.8, 4) is 0 Å². The highest BCUT2D eigenvalue weighted by atomic mass is 16.6. The topological polar surface area (TPSA) is 112 Å². The number of nitrogens with zero attached hydrogens (tertiary/aromatic N) is 4. The van der Waals surface area contributed by atoms with Crippen molar-refractivity contribution in [3.05, 3.63) is 28.4 Å². The number of alkyl carbamates (subject to hydrolysis) is 1. The molecule has 10 nitrogen and oxygen atoms in total. The van der Waals surface area contributed by atoms with E-state index in [9.17, 15) is 14.9 Å². The maximum absolute atomic E-state index is 12.4. The Hall–Kier alpha value is -2.88. The molecular formula is C22H29N5O5. The van der Waals surface area contributed by atoms with Gasteiger partial charge in [0.15, 0.2) is 0 Å². The lowest BCUT2D eigenvalue weighted by Gasteiger charge is -2.24. The Kier molecular flexibility index (Phi) is 4.81. The lowest BCUT2D eigenvalue weighted by atomic mass is 10.0. The first-order chi connectivity index (χ1) is 15.2. The maximum atomic E-state index is 12.4. The number of carbonyl (C=O) groups excluding carboxylic acids is 1. The first kappa shape index (κ1) is 21.0. The van der Waals surface area contributed by atoms with Gasteiger partial charge in [-0.1, -0.05) is 0 Å². The van der Waals surface area contributed by atoms with Gasteiger partial charge in [0, 0.05) is 31.2 Å². The fourth-order valence-corrected chi connectivity index (χ4v) is 5.04. The van der Waals surface area contributed by atoms with Gasteiger partial charge in [-0.15, -0.1) is 0 Å². The Morgan fingerprint density at radius 1 is 1.38 bits per heavy atom. The average molecular weight is 444 g/mol. The van der Waals surface area contributed by atoms with Gasteiger partial charge in [-0.3, -0.25) is 14.8 Å². The minimum atomic E-state index is -0.581. The second kappa shape index (κ2) is 7.33. The van der Waals surface area contributed by atoms with Crippen LogP contribution in [-0.2, 0) is 9.47 Å². The van der Waals surface area contributed by atoms with Crippen LogP contribution in [0, 0.1) is 15.5 Å². The fraction of sp³-hybridized carbons (Fsp3) is 0.636. The number of benzene rings is 1. The number of ether oxygens (including phenoxy) is 2. The third-order valence-corrected chi connectivity index (χ3v) is 6.73. The van der Waals surface area contributed by atoms with Gasteiger partial charge >= 0.3 is 6.09 Å². The van der Waals surface area contributed by atoms with E-state index in [1.165, 1.54) is 0 Å². The second-order valence-corrected chi connectivity index (χ2v) is 10.2. The van der Waals surface area contributed by atoms with E-state index in [-0.39, 0.29) is 28.1 Å². The highest BCUT2D eigenvalue weighted by molar-refractivity contribution is 5.97. The van der Waals surface area contributed by atoms with Crippen LogP contribution in [0.4, 0.5) is 16.2 Å². The van der Waals surface area contributed by atoms with E-state index in [2.05, 4.69) is 10.4 Å². The van der Waals surface area contributed by atoms with Crippen LogP contribution >= 0.6 is 0 Å². The number of hydrogen-bond acceptors (Lipinski definition) is 7. The molecule has 2 saturated heterocycles. The summed E-state index contributed by atoms with van der Waals surface area (Å²) in [4.78, 5) is 26.1. The van der Waals surface area contributed by atoms with Crippen molar-refractivity contribution in [1.29, 1.82) is 0 Å². The smallest absolute Gasteiger partial charge is 0.407 e. The van der Waals surface area contributed by atoms with Crippen molar-refractivity contribution in [2.75, 3.05) is 31.2 Å². The number of carbonyl (C=O) groups is 1. The van der Waals surface area contributed by atoms with Crippen LogP contribution in [0.25, 0.3) is 10.9 Å². The molecule has 1 amide bonds. The van der Waals surface area contributed by atoms with Gasteiger partial charge in [0.2, 0.25) is 0 Å². The molecule has 3 aliphatic rings. The van der Waals surface area contributed by atoms with E-state index in [0.717, 1.165) is 30.2 Å². The molecule has 2 aliphatic heterocycles. The van der Waals surface area contributed by atoms with Crippen molar-refractivity contribution in [3.63, 3.8) is 0 Å². The van der Waals surface area contributed by atoms with Gasteiger partial charge < -0.3 is 19.7 Å². The van der Waals surface area contributed by atoms with E-state index in [1.807, 2.05) is 30.4 Å². The summed E-state index contributed by atoms with van der Waals surface area (Å²) in [6, 6.07) is 3.36. The predicted octanol–water partition coefficient (Wildman–Crippen LogP) is 3.40. The van der Waals surface area contributed by atoms with E-state index >= 15 is 0 Å². The number of aromatic nitrogens is 2. The van der Waals surface area contributed by atoms with Gasteiger partial charge in [-0.25, -0.2) is 4.79 Å². The Bertz CT molecular complexity index is 1060. The molecule has 172 valence electrons. The van der Waals surface area contributed by atoms with E-state index in [1.54, 1.807) is 18.3 Å². The summed E-state index contributed by atoms with van der Waals surface area (Å²) in [6.07, 6.45) is 4.11. The quantitative estimate of drug-likeness (QED) is 0.569. The summed E-state index contributed by atoms with van der Waals surface area (Å²) in [5.41, 5.74) is 0.866. The molecule has 1 aliphatic carbocycles. The molecule has 1 saturated carbocycles. The monoisotopic (exact) mass is 443 g/mol. The molecule has 0 bridgehead atoms. The molecule has 3 fully saturated rings. The van der Waals surface area contributed by atoms with Crippen LogP contribution in [0.5, 0.6) is 0 Å². The highest BCUT2D eigenvalue weighted by Gasteiger charge is 2.56. The van der Waals surface area contributed by atoms with Crippen LogP contribution in [0.15, 0.2) is 18.3 Å². The van der Waals surface area contributed by atoms with Gasteiger partial charge in [0.25, 0.3) is 5.69 Å². The number of anilines is 1. The summed E-state index contributed by atoms with van der Waals surface area (Å²) in [5.74, 6) is 0. The van der Waals surface area contributed by atoms with Crippen molar-refractivity contribution in [2.45, 2.75) is 57.7 Å². The van der Waals surface area contributed by atoms with Crippen LogP contribution in [0.1, 0.15) is 46.1 Å². The first-order valence-corrected chi connectivity index (χ1v) is 11.1. The molecule has 2 aromatic rings. The number of hydrogen-bond donors (Lipinski definition) is 1. The molecule has 1 aromatic carbocycles. The van der Waals surface area contributed by atoms with Crippen molar-refractivity contribution in [1.82, 2.24) is 15.1 Å². The average Bonchev–Trinajstić information content (AvgIpc) is 3.06. The zero-order chi connectivity index (χ0) is 22.7. The van der Waals surface area contributed by atoms with E-state index in [4.69, 9.17) is 9.47 Å².